The molecule has 5 rings (SSSR count). The van der Waals surface area contributed by atoms with Gasteiger partial charge in [-0.1, -0.05) is 12.1 Å². The lowest BCUT2D eigenvalue weighted by atomic mass is 9.89. The van der Waals surface area contributed by atoms with E-state index in [4.69, 9.17) is 9.47 Å². The van der Waals surface area contributed by atoms with Gasteiger partial charge in [-0.2, -0.15) is 0 Å². The van der Waals surface area contributed by atoms with Crippen LogP contribution in [0, 0.1) is 11.7 Å². The number of hydrogen-bond acceptors (Lipinski definition) is 4. The molecule has 3 aliphatic carbocycles. The Hall–Kier alpha value is -2.73. The molecule has 3 unspecified atom stereocenters. The number of pyridine rings is 1. The number of allylic oxidation sites excluding steroid dienone is 2. The highest BCUT2D eigenvalue weighted by Gasteiger charge is 2.45. The van der Waals surface area contributed by atoms with E-state index in [0.29, 0.717) is 30.2 Å². The molecular weight excluding hydrogens is 424 g/mol. The van der Waals surface area contributed by atoms with E-state index in [0.717, 1.165) is 17.9 Å². The summed E-state index contributed by atoms with van der Waals surface area (Å²) < 4.78 is 40.3. The summed E-state index contributed by atoms with van der Waals surface area (Å²) in [6.07, 6.45) is 8.44. The maximum atomic E-state index is 14.6. The van der Waals surface area contributed by atoms with Crippen molar-refractivity contribution in [1.29, 1.82) is 0 Å². The highest BCUT2D eigenvalue weighted by atomic mass is 19.1. The highest BCUT2D eigenvalue weighted by Crippen LogP contribution is 2.56. The minimum absolute atomic E-state index is 0.0814. The third-order valence-corrected chi connectivity index (χ3v) is 6.79. The number of rotatable bonds is 8. The van der Waals surface area contributed by atoms with Crippen molar-refractivity contribution in [3.8, 4) is 11.6 Å². The van der Waals surface area contributed by atoms with E-state index >= 15 is 0 Å². The number of aromatic nitrogens is 1. The standard InChI is InChI=1S/C27H29F2NO3/c1-27(2,31)7-8-32-25-6-4-17(12-24(25)29)16-3-5-23(28)20(9-16)15-33-26-13-19-10-18-11-21(18)22(19)14-30-26/h4-6,9,12-14,16,18,21,31H,3,7-8,10-11,15H2,1-2H3. The van der Waals surface area contributed by atoms with Crippen molar-refractivity contribution in [2.45, 2.75) is 57.0 Å². The lowest BCUT2D eigenvalue weighted by molar-refractivity contribution is 0.0547. The van der Waals surface area contributed by atoms with Crippen LogP contribution in [-0.4, -0.2) is 28.9 Å². The SMILES string of the molecule is CC(C)(O)CCOc1ccc(C2C=C(COc3cc4c(cn3)C3CC3C4)C(F)=CC2)cc1F. The fourth-order valence-corrected chi connectivity index (χ4v) is 4.74. The summed E-state index contributed by atoms with van der Waals surface area (Å²) in [4.78, 5) is 4.40. The molecule has 0 aliphatic heterocycles. The summed E-state index contributed by atoms with van der Waals surface area (Å²) in [6, 6.07) is 6.80. The van der Waals surface area contributed by atoms with Crippen LogP contribution in [0.25, 0.3) is 0 Å². The maximum Gasteiger partial charge on any atom is 0.213 e. The molecule has 33 heavy (non-hydrogen) atoms. The molecule has 3 aliphatic rings. The summed E-state index contributed by atoms with van der Waals surface area (Å²) in [5, 5.41) is 9.76. The Balaban J connectivity index is 1.23. The first-order valence-electron chi connectivity index (χ1n) is 11.6. The van der Waals surface area contributed by atoms with Gasteiger partial charge in [0.05, 0.1) is 12.2 Å². The van der Waals surface area contributed by atoms with E-state index in [1.54, 1.807) is 26.0 Å². The normalized spacial score (nSPS) is 23.4. The van der Waals surface area contributed by atoms with E-state index in [-0.39, 0.29) is 30.7 Å². The number of fused-ring (bicyclic) bond motifs is 3. The minimum atomic E-state index is -0.867. The molecule has 1 saturated carbocycles. The van der Waals surface area contributed by atoms with Crippen molar-refractivity contribution in [2.75, 3.05) is 13.2 Å². The number of nitrogens with zero attached hydrogens (tertiary/aromatic N) is 1. The lowest BCUT2D eigenvalue weighted by Gasteiger charge is -2.20. The van der Waals surface area contributed by atoms with Gasteiger partial charge >= 0.3 is 0 Å². The van der Waals surface area contributed by atoms with E-state index in [2.05, 4.69) is 4.98 Å². The highest BCUT2D eigenvalue weighted by molar-refractivity contribution is 5.43. The smallest absolute Gasteiger partial charge is 0.213 e. The molecule has 1 N–H and O–H groups in total. The van der Waals surface area contributed by atoms with Gasteiger partial charge in [0.15, 0.2) is 11.6 Å². The average molecular weight is 454 g/mol. The number of benzene rings is 1. The van der Waals surface area contributed by atoms with Crippen LogP contribution in [0.3, 0.4) is 0 Å². The van der Waals surface area contributed by atoms with Gasteiger partial charge in [0.25, 0.3) is 0 Å². The quantitative estimate of drug-likeness (QED) is 0.552. The monoisotopic (exact) mass is 453 g/mol. The zero-order valence-electron chi connectivity index (χ0n) is 19.0. The Kier molecular flexibility index (Phi) is 5.73. The second kappa shape index (κ2) is 8.56. The fraction of sp³-hybridized carbons (Fsp3) is 0.444. The Morgan fingerprint density at radius 2 is 2.03 bits per heavy atom. The van der Waals surface area contributed by atoms with E-state index in [1.165, 1.54) is 29.7 Å². The van der Waals surface area contributed by atoms with Crippen LogP contribution in [0.4, 0.5) is 8.78 Å². The Bertz CT molecular complexity index is 1120. The second-order valence-electron chi connectivity index (χ2n) is 10.0. The third-order valence-electron chi connectivity index (χ3n) is 6.79. The second-order valence-corrected chi connectivity index (χ2v) is 10.0. The Morgan fingerprint density at radius 1 is 1.18 bits per heavy atom. The Labute approximate surface area is 193 Å². The van der Waals surface area contributed by atoms with Gasteiger partial charge in [-0.3, -0.25) is 0 Å². The first-order valence-corrected chi connectivity index (χ1v) is 11.6. The van der Waals surface area contributed by atoms with Crippen LogP contribution in [0.5, 0.6) is 11.6 Å². The van der Waals surface area contributed by atoms with Crippen molar-refractivity contribution in [3.05, 3.63) is 76.5 Å². The molecule has 0 bridgehead atoms. The first kappa shape index (κ1) is 22.1. The van der Waals surface area contributed by atoms with Crippen molar-refractivity contribution in [2.24, 2.45) is 5.92 Å². The number of halogens is 2. The molecule has 2 aromatic rings. The minimum Gasteiger partial charge on any atom is -0.490 e. The molecule has 1 heterocycles. The van der Waals surface area contributed by atoms with Crippen LogP contribution in [0.15, 0.2) is 54.0 Å². The van der Waals surface area contributed by atoms with E-state index < -0.39 is 11.4 Å². The molecular formula is C27H29F2NO3. The molecule has 3 atom stereocenters. The molecule has 1 aromatic heterocycles. The lowest BCUT2D eigenvalue weighted by Crippen LogP contribution is -2.22. The molecule has 1 fully saturated rings. The molecule has 4 nitrogen and oxygen atoms in total. The van der Waals surface area contributed by atoms with Gasteiger partial charge in [-0.15, -0.1) is 0 Å². The average Bonchev–Trinajstić information content (AvgIpc) is 3.44. The van der Waals surface area contributed by atoms with Crippen molar-refractivity contribution >= 4 is 0 Å². The molecule has 174 valence electrons. The topological polar surface area (TPSA) is 51.6 Å². The van der Waals surface area contributed by atoms with Gasteiger partial charge in [-0.25, -0.2) is 13.8 Å². The van der Waals surface area contributed by atoms with Gasteiger partial charge in [0, 0.05) is 30.2 Å². The Morgan fingerprint density at radius 3 is 2.82 bits per heavy atom. The van der Waals surface area contributed by atoms with Crippen molar-refractivity contribution in [1.82, 2.24) is 4.98 Å². The van der Waals surface area contributed by atoms with E-state index in [1.807, 2.05) is 18.3 Å². The van der Waals surface area contributed by atoms with Gasteiger partial charge in [0.2, 0.25) is 5.88 Å². The third kappa shape index (κ3) is 4.96. The predicted octanol–water partition coefficient (Wildman–Crippen LogP) is 5.77. The predicted molar refractivity (Wildman–Crippen MR) is 122 cm³/mol. The molecule has 6 heteroatoms. The van der Waals surface area contributed by atoms with Crippen LogP contribution in [-0.2, 0) is 6.42 Å². The molecule has 0 radical (unpaired) electrons. The first-order chi connectivity index (χ1) is 15.8. The van der Waals surface area contributed by atoms with Crippen LogP contribution in [0.1, 0.15) is 61.6 Å². The summed E-state index contributed by atoms with van der Waals surface area (Å²) in [6.45, 7) is 3.66. The number of ether oxygens (including phenoxy) is 2. The van der Waals surface area contributed by atoms with Crippen LogP contribution in [0.2, 0.25) is 0 Å². The molecule has 0 spiro atoms. The number of hydrogen-bond donors (Lipinski definition) is 1. The van der Waals surface area contributed by atoms with Gasteiger partial charge in [-0.05, 0) is 79.8 Å². The molecule has 0 amide bonds. The zero-order chi connectivity index (χ0) is 23.2. The van der Waals surface area contributed by atoms with E-state index in [9.17, 15) is 13.9 Å². The summed E-state index contributed by atoms with van der Waals surface area (Å²) in [5.74, 6) is 1.20. The summed E-state index contributed by atoms with van der Waals surface area (Å²) >= 11 is 0. The maximum absolute atomic E-state index is 14.6. The van der Waals surface area contributed by atoms with Crippen molar-refractivity contribution in [3.63, 3.8) is 0 Å². The van der Waals surface area contributed by atoms with Crippen LogP contribution < -0.4 is 9.47 Å². The fourth-order valence-electron chi connectivity index (χ4n) is 4.74. The van der Waals surface area contributed by atoms with Crippen molar-refractivity contribution < 1.29 is 23.4 Å². The van der Waals surface area contributed by atoms with Gasteiger partial charge in [0.1, 0.15) is 12.4 Å². The number of aliphatic hydroxyl groups is 1. The summed E-state index contributed by atoms with van der Waals surface area (Å²) in [7, 11) is 0. The van der Waals surface area contributed by atoms with Gasteiger partial charge < -0.3 is 14.6 Å². The zero-order valence-corrected chi connectivity index (χ0v) is 19.0. The largest absolute Gasteiger partial charge is 0.490 e. The molecule has 1 aromatic carbocycles. The summed E-state index contributed by atoms with van der Waals surface area (Å²) in [5.41, 5.74) is 2.96. The molecule has 0 saturated heterocycles. The van der Waals surface area contributed by atoms with Crippen LogP contribution >= 0.6 is 0 Å².